The number of aliphatic hydroxyl groups excluding tert-OH is 1. The number of benzene rings is 3. The number of rotatable bonds is 8. The first-order chi connectivity index (χ1) is 15.6. The van der Waals surface area contributed by atoms with Crippen LogP contribution < -0.4 is 14.9 Å². The van der Waals surface area contributed by atoms with E-state index in [9.17, 15) is 14.7 Å². The van der Waals surface area contributed by atoms with Crippen LogP contribution in [0.4, 0.5) is 0 Å². The van der Waals surface area contributed by atoms with Gasteiger partial charge in [-0.2, -0.15) is 5.10 Å². The normalized spacial score (nSPS) is 11.9. The Labute approximate surface area is 185 Å². The van der Waals surface area contributed by atoms with Gasteiger partial charge in [-0.1, -0.05) is 60.7 Å². The minimum absolute atomic E-state index is 0.246. The zero-order valence-electron chi connectivity index (χ0n) is 17.3. The topological polar surface area (TPSA) is 97.2 Å². The minimum Gasteiger partial charge on any atom is -0.493 e. The molecule has 3 aromatic rings. The lowest BCUT2D eigenvalue weighted by atomic mass is 10.1. The predicted octanol–water partition coefficient (Wildman–Crippen LogP) is 3.50. The molecule has 3 aromatic carbocycles. The fourth-order valence-corrected chi connectivity index (χ4v) is 2.74. The molecule has 0 saturated carbocycles. The average Bonchev–Trinajstić information content (AvgIpc) is 2.84. The standard InChI is InChI=1S/C25H22N2O5/c1-31-22-16-19(17-26-27-25(30)24(29)20-10-6-3-7-11-20)12-14-21(22)32-23(28)15-13-18-8-4-2-5-9-18/h2-17,24,29H,1H3,(H,27,30)/b15-13+,26-17-/t24-/m0/s1. The second-order valence-corrected chi connectivity index (χ2v) is 6.62. The summed E-state index contributed by atoms with van der Waals surface area (Å²) < 4.78 is 10.6. The Kier molecular flexibility index (Phi) is 7.89. The van der Waals surface area contributed by atoms with Gasteiger partial charge >= 0.3 is 5.97 Å². The molecule has 0 spiro atoms. The third-order valence-corrected chi connectivity index (χ3v) is 4.36. The van der Waals surface area contributed by atoms with E-state index in [0.29, 0.717) is 16.9 Å². The molecule has 0 bridgehead atoms. The van der Waals surface area contributed by atoms with Gasteiger partial charge in [0, 0.05) is 6.08 Å². The lowest BCUT2D eigenvalue weighted by Gasteiger charge is -2.09. The molecule has 162 valence electrons. The molecular weight excluding hydrogens is 408 g/mol. The first kappa shape index (κ1) is 22.5. The van der Waals surface area contributed by atoms with Crippen molar-refractivity contribution in [2.75, 3.05) is 7.11 Å². The van der Waals surface area contributed by atoms with Gasteiger partial charge in [0.2, 0.25) is 0 Å². The summed E-state index contributed by atoms with van der Waals surface area (Å²) in [7, 11) is 1.45. The van der Waals surface area contributed by atoms with Gasteiger partial charge in [0.1, 0.15) is 0 Å². The zero-order valence-corrected chi connectivity index (χ0v) is 17.3. The Bertz CT molecular complexity index is 1110. The Morgan fingerprint density at radius 2 is 1.62 bits per heavy atom. The van der Waals surface area contributed by atoms with E-state index in [1.54, 1.807) is 54.6 Å². The predicted molar refractivity (Wildman–Crippen MR) is 121 cm³/mol. The number of hydrogen-bond donors (Lipinski definition) is 2. The van der Waals surface area contributed by atoms with Gasteiger partial charge in [-0.15, -0.1) is 0 Å². The molecule has 0 unspecified atom stereocenters. The Morgan fingerprint density at radius 1 is 0.938 bits per heavy atom. The van der Waals surface area contributed by atoms with Gasteiger partial charge in [-0.25, -0.2) is 10.2 Å². The molecule has 32 heavy (non-hydrogen) atoms. The highest BCUT2D eigenvalue weighted by Crippen LogP contribution is 2.28. The fourth-order valence-electron chi connectivity index (χ4n) is 2.74. The summed E-state index contributed by atoms with van der Waals surface area (Å²) in [6.45, 7) is 0. The van der Waals surface area contributed by atoms with Crippen molar-refractivity contribution in [1.29, 1.82) is 0 Å². The van der Waals surface area contributed by atoms with Crippen molar-refractivity contribution in [2.45, 2.75) is 6.10 Å². The van der Waals surface area contributed by atoms with E-state index in [1.807, 2.05) is 30.3 Å². The van der Waals surface area contributed by atoms with Crippen molar-refractivity contribution < 1.29 is 24.2 Å². The Hall–Kier alpha value is -4.23. The molecule has 3 rings (SSSR count). The van der Waals surface area contributed by atoms with E-state index in [-0.39, 0.29) is 5.75 Å². The molecule has 0 aromatic heterocycles. The molecule has 7 heteroatoms. The number of ether oxygens (including phenoxy) is 2. The molecule has 0 aliphatic heterocycles. The Morgan fingerprint density at radius 3 is 2.31 bits per heavy atom. The van der Waals surface area contributed by atoms with E-state index in [2.05, 4.69) is 10.5 Å². The van der Waals surface area contributed by atoms with Crippen LogP contribution in [0, 0.1) is 0 Å². The first-order valence-corrected chi connectivity index (χ1v) is 9.75. The van der Waals surface area contributed by atoms with Crippen molar-refractivity contribution in [3.8, 4) is 11.5 Å². The van der Waals surface area contributed by atoms with Crippen molar-refractivity contribution in [3.05, 3.63) is 102 Å². The summed E-state index contributed by atoms with van der Waals surface area (Å²) in [6, 6.07) is 22.7. The summed E-state index contributed by atoms with van der Waals surface area (Å²) >= 11 is 0. The molecular formula is C25H22N2O5. The van der Waals surface area contributed by atoms with Crippen LogP contribution in [0.5, 0.6) is 11.5 Å². The highest BCUT2D eigenvalue weighted by atomic mass is 16.6. The molecule has 0 heterocycles. The quantitative estimate of drug-likeness (QED) is 0.187. The van der Waals surface area contributed by atoms with Gasteiger partial charge in [0.05, 0.1) is 13.3 Å². The third-order valence-electron chi connectivity index (χ3n) is 4.36. The van der Waals surface area contributed by atoms with E-state index >= 15 is 0 Å². The van der Waals surface area contributed by atoms with Crippen molar-refractivity contribution in [1.82, 2.24) is 5.43 Å². The highest BCUT2D eigenvalue weighted by Gasteiger charge is 2.16. The number of methoxy groups -OCH3 is 1. The number of hydrogen-bond acceptors (Lipinski definition) is 6. The lowest BCUT2D eigenvalue weighted by molar-refractivity contribution is -0.130. The van der Waals surface area contributed by atoms with Crippen LogP contribution in [0.2, 0.25) is 0 Å². The van der Waals surface area contributed by atoms with E-state index < -0.39 is 18.0 Å². The largest absolute Gasteiger partial charge is 0.493 e. The molecule has 0 saturated heterocycles. The smallest absolute Gasteiger partial charge is 0.336 e. The summed E-state index contributed by atoms with van der Waals surface area (Å²) in [5.74, 6) is -0.632. The summed E-state index contributed by atoms with van der Waals surface area (Å²) in [6.07, 6.45) is 3.05. The van der Waals surface area contributed by atoms with Gasteiger partial charge in [-0.3, -0.25) is 4.79 Å². The maximum absolute atomic E-state index is 12.1. The number of aliphatic hydroxyl groups is 1. The lowest BCUT2D eigenvalue weighted by Crippen LogP contribution is -2.25. The molecule has 2 N–H and O–H groups in total. The van der Waals surface area contributed by atoms with Gasteiger partial charge in [-0.05, 0) is 41.0 Å². The number of esters is 1. The minimum atomic E-state index is -1.33. The van der Waals surface area contributed by atoms with Crippen LogP contribution in [0.3, 0.4) is 0 Å². The number of carbonyl (C=O) groups is 2. The van der Waals surface area contributed by atoms with Crippen LogP contribution >= 0.6 is 0 Å². The first-order valence-electron chi connectivity index (χ1n) is 9.75. The zero-order chi connectivity index (χ0) is 22.8. The Balaban J connectivity index is 1.60. The third kappa shape index (κ3) is 6.38. The second-order valence-electron chi connectivity index (χ2n) is 6.62. The van der Waals surface area contributed by atoms with Crippen LogP contribution in [0.25, 0.3) is 6.08 Å². The molecule has 1 amide bonds. The van der Waals surface area contributed by atoms with Crippen LogP contribution in [-0.2, 0) is 9.59 Å². The molecule has 0 radical (unpaired) electrons. The van der Waals surface area contributed by atoms with Crippen molar-refractivity contribution in [3.63, 3.8) is 0 Å². The number of amides is 1. The number of nitrogens with one attached hydrogen (secondary N) is 1. The highest BCUT2D eigenvalue weighted by molar-refractivity contribution is 5.89. The fraction of sp³-hybridized carbons (Fsp3) is 0.0800. The van der Waals surface area contributed by atoms with Gasteiger partial charge in [0.25, 0.3) is 5.91 Å². The number of hydrazone groups is 1. The molecule has 1 atom stereocenters. The molecule has 0 fully saturated rings. The maximum Gasteiger partial charge on any atom is 0.336 e. The molecule has 0 aliphatic carbocycles. The number of carbonyl (C=O) groups excluding carboxylic acids is 2. The summed E-state index contributed by atoms with van der Waals surface area (Å²) in [5.41, 5.74) is 4.23. The second kappa shape index (κ2) is 11.2. The summed E-state index contributed by atoms with van der Waals surface area (Å²) in [4.78, 5) is 24.1. The van der Waals surface area contributed by atoms with Crippen molar-refractivity contribution in [2.24, 2.45) is 5.10 Å². The SMILES string of the molecule is COc1cc(/C=N\NC(=O)[C@@H](O)c2ccccc2)ccc1OC(=O)/C=C/c1ccccc1. The average molecular weight is 430 g/mol. The summed E-state index contributed by atoms with van der Waals surface area (Å²) in [5, 5.41) is 13.9. The van der Waals surface area contributed by atoms with E-state index in [4.69, 9.17) is 9.47 Å². The molecule has 7 nitrogen and oxygen atoms in total. The van der Waals surface area contributed by atoms with Crippen LogP contribution in [-0.4, -0.2) is 30.3 Å². The molecule has 0 aliphatic rings. The number of nitrogens with zero attached hydrogens (tertiary/aromatic N) is 1. The van der Waals surface area contributed by atoms with Gasteiger partial charge in [0.15, 0.2) is 17.6 Å². The van der Waals surface area contributed by atoms with Gasteiger partial charge < -0.3 is 14.6 Å². The van der Waals surface area contributed by atoms with Crippen LogP contribution in [0.1, 0.15) is 22.8 Å². The monoisotopic (exact) mass is 430 g/mol. The van der Waals surface area contributed by atoms with Crippen LogP contribution in [0.15, 0.2) is 90.0 Å². The maximum atomic E-state index is 12.1. The van der Waals surface area contributed by atoms with E-state index in [1.165, 1.54) is 19.4 Å². The van der Waals surface area contributed by atoms with E-state index in [0.717, 1.165) is 5.56 Å². The van der Waals surface area contributed by atoms with Crippen molar-refractivity contribution >= 4 is 24.2 Å².